The van der Waals surface area contributed by atoms with Gasteiger partial charge in [0.05, 0.1) is 34.2 Å². The van der Waals surface area contributed by atoms with Crippen molar-refractivity contribution in [3.05, 3.63) is 47.5 Å². The van der Waals surface area contributed by atoms with Gasteiger partial charge in [-0.2, -0.15) is 0 Å². The first-order chi connectivity index (χ1) is 19.4. The number of carbonyl (C=O) groups is 5. The fourth-order valence-corrected chi connectivity index (χ4v) is 3.87. The quantitative estimate of drug-likeness (QED) is 0.254. The molecule has 2 aromatic carbocycles. The maximum Gasteiger partial charge on any atom is 0.305 e. The molecule has 0 saturated carbocycles. The van der Waals surface area contributed by atoms with Crippen molar-refractivity contribution in [1.82, 2.24) is 10.6 Å². The van der Waals surface area contributed by atoms with Crippen molar-refractivity contribution in [1.29, 1.82) is 0 Å². The monoisotopic (exact) mass is 572 g/mol. The molecule has 0 heterocycles. The maximum atomic E-state index is 13.2. The second-order valence-electron chi connectivity index (χ2n) is 9.51. The molecule has 12 heteroatoms. The van der Waals surface area contributed by atoms with Crippen LogP contribution in [0, 0.1) is 5.92 Å². The van der Waals surface area contributed by atoms with Gasteiger partial charge in [0.1, 0.15) is 41.7 Å². The first-order valence-electron chi connectivity index (χ1n) is 12.8. The van der Waals surface area contributed by atoms with Crippen LogP contribution in [0.3, 0.4) is 0 Å². The highest BCUT2D eigenvalue weighted by Gasteiger charge is 2.30. The normalized spacial score (nSPS) is 12.1. The number of Topliss-reactive ketones (excluding diaryl/α,β-unsaturated/α-hetero) is 2. The fourth-order valence-electron chi connectivity index (χ4n) is 3.87. The molecule has 2 rings (SSSR count). The molecule has 2 atom stereocenters. The first kappa shape index (κ1) is 32.6. The van der Waals surface area contributed by atoms with Crippen LogP contribution in [0.2, 0.25) is 0 Å². The van der Waals surface area contributed by atoms with Crippen molar-refractivity contribution in [3.8, 4) is 23.0 Å². The molecular formula is C29H36N2O10. The van der Waals surface area contributed by atoms with E-state index in [1.54, 1.807) is 38.1 Å². The van der Waals surface area contributed by atoms with Crippen LogP contribution < -0.4 is 29.6 Å². The Morgan fingerprint density at radius 3 is 1.98 bits per heavy atom. The van der Waals surface area contributed by atoms with E-state index in [0.29, 0.717) is 28.4 Å². The number of rotatable bonds is 16. The van der Waals surface area contributed by atoms with Gasteiger partial charge in [0.2, 0.25) is 11.8 Å². The summed E-state index contributed by atoms with van der Waals surface area (Å²) in [5.74, 6) is -2.39. The van der Waals surface area contributed by atoms with E-state index < -0.39 is 54.6 Å². The number of hydrogen-bond acceptors (Lipinski definition) is 9. The average Bonchev–Trinajstić information content (AvgIpc) is 2.93. The molecule has 0 bridgehead atoms. The summed E-state index contributed by atoms with van der Waals surface area (Å²) in [7, 11) is 4.33. The third-order valence-corrected chi connectivity index (χ3v) is 6.09. The van der Waals surface area contributed by atoms with Crippen LogP contribution in [0.25, 0.3) is 0 Å². The summed E-state index contributed by atoms with van der Waals surface area (Å²) >= 11 is 0. The number of hydrogen-bond donors (Lipinski definition) is 3. The van der Waals surface area contributed by atoms with Gasteiger partial charge < -0.3 is 34.7 Å². The van der Waals surface area contributed by atoms with Crippen LogP contribution in [-0.4, -0.2) is 74.5 Å². The summed E-state index contributed by atoms with van der Waals surface area (Å²) < 4.78 is 21.1. The summed E-state index contributed by atoms with van der Waals surface area (Å²) in [5.41, 5.74) is 0.849. The number of benzene rings is 2. The Bertz CT molecular complexity index is 1250. The van der Waals surface area contributed by atoms with Gasteiger partial charge in [0.15, 0.2) is 11.6 Å². The molecule has 0 fully saturated rings. The lowest BCUT2D eigenvalue weighted by atomic mass is 10.0. The summed E-state index contributed by atoms with van der Waals surface area (Å²) in [4.78, 5) is 62.2. The van der Waals surface area contributed by atoms with E-state index >= 15 is 0 Å². The summed E-state index contributed by atoms with van der Waals surface area (Å²) in [6.07, 6.45) is -0.876. The molecule has 12 nitrogen and oxygen atoms in total. The number of ketones is 2. The first-order valence-corrected chi connectivity index (χ1v) is 12.8. The van der Waals surface area contributed by atoms with Gasteiger partial charge in [-0.05, 0) is 31.0 Å². The molecule has 41 heavy (non-hydrogen) atoms. The van der Waals surface area contributed by atoms with Crippen LogP contribution in [0.4, 0.5) is 0 Å². The lowest BCUT2D eigenvalue weighted by molar-refractivity contribution is -0.141. The van der Waals surface area contributed by atoms with E-state index in [2.05, 4.69) is 10.6 Å². The topological polar surface area (TPSA) is 167 Å². The van der Waals surface area contributed by atoms with Gasteiger partial charge in [0, 0.05) is 29.3 Å². The maximum absolute atomic E-state index is 13.2. The van der Waals surface area contributed by atoms with Crippen LogP contribution >= 0.6 is 0 Å². The minimum absolute atomic E-state index is 0.183. The minimum atomic E-state index is -1.42. The van der Waals surface area contributed by atoms with Crippen molar-refractivity contribution in [2.24, 2.45) is 5.92 Å². The lowest BCUT2D eigenvalue weighted by Gasteiger charge is -2.25. The number of ether oxygens (including phenoxy) is 4. The Hall–Kier alpha value is -4.61. The average molecular weight is 573 g/mol. The van der Waals surface area contributed by atoms with Crippen molar-refractivity contribution >= 4 is 29.4 Å². The Balaban J connectivity index is 2.14. The number of nitrogens with one attached hydrogen (secondary N) is 2. The van der Waals surface area contributed by atoms with E-state index in [1.165, 1.54) is 40.4 Å². The van der Waals surface area contributed by atoms with Gasteiger partial charge in [-0.3, -0.25) is 24.0 Å². The second-order valence-corrected chi connectivity index (χ2v) is 9.51. The molecule has 0 spiro atoms. The number of methoxy groups -OCH3 is 3. The zero-order valence-electron chi connectivity index (χ0n) is 23.9. The van der Waals surface area contributed by atoms with E-state index in [1.807, 2.05) is 0 Å². The van der Waals surface area contributed by atoms with Crippen molar-refractivity contribution in [3.63, 3.8) is 0 Å². The smallest absolute Gasteiger partial charge is 0.305 e. The van der Waals surface area contributed by atoms with Gasteiger partial charge >= 0.3 is 5.97 Å². The van der Waals surface area contributed by atoms with Crippen LogP contribution in [0.1, 0.15) is 43.1 Å². The molecule has 0 aliphatic rings. The molecule has 0 aromatic heterocycles. The second kappa shape index (κ2) is 15.2. The van der Waals surface area contributed by atoms with Crippen molar-refractivity contribution in [2.45, 2.75) is 45.7 Å². The molecule has 222 valence electrons. The van der Waals surface area contributed by atoms with Gasteiger partial charge in [0.25, 0.3) is 0 Å². The lowest BCUT2D eigenvalue weighted by Crippen LogP contribution is -2.54. The van der Waals surface area contributed by atoms with Crippen LogP contribution in [0.5, 0.6) is 23.0 Å². The van der Waals surface area contributed by atoms with Crippen molar-refractivity contribution < 1.29 is 48.0 Å². The number of carboxylic acids is 1. The largest absolute Gasteiger partial charge is 0.496 e. The SMILES string of the molecule is COc1cc(OC)cc(OCC(=O)[C@H](CC(=O)O)NC(=O)[C@@H](NC(=O)Cc2cc(C(C)=O)ccc2OC)C(C)C)c1. The standard InChI is InChI=1S/C29H36N2O10/c1-16(2)28(31-26(34)10-19-9-18(17(3)32)7-8-25(19)40-6)29(37)30-23(14-27(35)36)24(33)15-41-22-12-20(38-4)11-21(13-22)39-5/h7-9,11-13,16,23,28H,10,14-15H2,1-6H3,(H,30,37)(H,31,34)(H,35,36)/t23-,28-/m0/s1. The molecular weight excluding hydrogens is 536 g/mol. The predicted octanol–water partition coefficient (Wildman–Crippen LogP) is 2.21. The zero-order valence-corrected chi connectivity index (χ0v) is 23.9. The fraction of sp³-hybridized carbons (Fsp3) is 0.414. The van der Waals surface area contributed by atoms with E-state index in [9.17, 15) is 29.1 Å². The third-order valence-electron chi connectivity index (χ3n) is 6.09. The van der Waals surface area contributed by atoms with E-state index in [4.69, 9.17) is 18.9 Å². The highest BCUT2D eigenvalue weighted by molar-refractivity contribution is 5.96. The molecule has 0 saturated heterocycles. The highest BCUT2D eigenvalue weighted by atomic mass is 16.5. The Labute approximate surface area is 238 Å². The van der Waals surface area contributed by atoms with E-state index in [-0.39, 0.29) is 18.0 Å². The molecule has 3 N–H and O–H groups in total. The van der Waals surface area contributed by atoms with Gasteiger partial charge in [-0.25, -0.2) is 0 Å². The minimum Gasteiger partial charge on any atom is -0.496 e. The summed E-state index contributed by atoms with van der Waals surface area (Å²) in [6.45, 7) is 4.24. The van der Waals surface area contributed by atoms with Gasteiger partial charge in [-0.15, -0.1) is 0 Å². The zero-order chi connectivity index (χ0) is 30.7. The Kier molecular flexibility index (Phi) is 12.1. The number of carboxylic acid groups (broad SMARTS) is 1. The summed E-state index contributed by atoms with van der Waals surface area (Å²) in [5, 5.41) is 14.4. The molecule has 2 amide bonds. The highest BCUT2D eigenvalue weighted by Crippen LogP contribution is 2.27. The third kappa shape index (κ3) is 9.82. The Morgan fingerprint density at radius 1 is 0.854 bits per heavy atom. The van der Waals surface area contributed by atoms with Crippen LogP contribution in [0.15, 0.2) is 36.4 Å². The molecule has 2 aromatic rings. The summed E-state index contributed by atoms with van der Waals surface area (Å²) in [6, 6.07) is 6.86. The molecule has 0 aliphatic carbocycles. The molecule has 0 aliphatic heterocycles. The predicted molar refractivity (Wildman–Crippen MR) is 148 cm³/mol. The number of carbonyl (C=O) groups excluding carboxylic acids is 4. The van der Waals surface area contributed by atoms with Crippen LogP contribution in [-0.2, 0) is 25.6 Å². The number of aliphatic carboxylic acids is 1. The number of amides is 2. The van der Waals surface area contributed by atoms with Gasteiger partial charge in [-0.1, -0.05) is 13.8 Å². The Morgan fingerprint density at radius 2 is 1.46 bits per heavy atom. The van der Waals surface area contributed by atoms with Crippen molar-refractivity contribution in [2.75, 3.05) is 27.9 Å². The molecule has 0 radical (unpaired) electrons. The van der Waals surface area contributed by atoms with E-state index in [0.717, 1.165) is 0 Å². The molecule has 0 unspecified atom stereocenters.